The minimum absolute atomic E-state index is 0.164. The summed E-state index contributed by atoms with van der Waals surface area (Å²) in [6, 6.07) is 10.2. The number of hydrogen-bond acceptors (Lipinski definition) is 2. The molecule has 1 aromatic carbocycles. The van der Waals surface area contributed by atoms with Crippen molar-refractivity contribution in [1.29, 1.82) is 0 Å². The average molecular weight is 237 g/mol. The summed E-state index contributed by atoms with van der Waals surface area (Å²) in [4.78, 5) is 12.6. The highest BCUT2D eigenvalue weighted by Gasteiger charge is 2.00. The molecular weight excluding hydrogens is 218 g/mol. The molecule has 0 unspecified atom stereocenters. The highest BCUT2D eigenvalue weighted by Crippen LogP contribution is 2.17. The summed E-state index contributed by atoms with van der Waals surface area (Å²) in [7, 11) is 0. The van der Waals surface area contributed by atoms with Crippen LogP contribution in [0, 0.1) is 0 Å². The lowest BCUT2D eigenvalue weighted by atomic mass is 10.3. The van der Waals surface area contributed by atoms with Crippen molar-refractivity contribution in [3.8, 4) is 0 Å². The molecular formula is C13H19NOS. The van der Waals surface area contributed by atoms with Gasteiger partial charge < -0.3 is 5.32 Å². The van der Waals surface area contributed by atoms with Crippen molar-refractivity contribution in [3.05, 3.63) is 30.3 Å². The maximum absolute atomic E-state index is 11.4. The fourth-order valence-electron chi connectivity index (χ4n) is 1.27. The lowest BCUT2D eigenvalue weighted by molar-refractivity contribution is -0.120. The van der Waals surface area contributed by atoms with Crippen LogP contribution in [0.2, 0.25) is 0 Å². The zero-order valence-corrected chi connectivity index (χ0v) is 10.6. The van der Waals surface area contributed by atoms with Gasteiger partial charge in [-0.2, -0.15) is 0 Å². The third kappa shape index (κ3) is 5.81. The molecule has 0 saturated heterocycles. The van der Waals surface area contributed by atoms with Crippen LogP contribution in [0.3, 0.4) is 0 Å². The van der Waals surface area contributed by atoms with Gasteiger partial charge in [0.15, 0.2) is 0 Å². The number of benzene rings is 1. The fourth-order valence-corrected chi connectivity index (χ4v) is 2.14. The molecule has 0 aromatic heterocycles. The quantitative estimate of drug-likeness (QED) is 0.583. The van der Waals surface area contributed by atoms with E-state index in [-0.39, 0.29) is 5.91 Å². The van der Waals surface area contributed by atoms with Gasteiger partial charge in [-0.3, -0.25) is 4.79 Å². The Morgan fingerprint density at radius 2 is 2.06 bits per heavy atom. The number of carbonyl (C=O) groups is 1. The van der Waals surface area contributed by atoms with Crippen LogP contribution in [0.25, 0.3) is 0 Å². The molecule has 1 amide bonds. The summed E-state index contributed by atoms with van der Waals surface area (Å²) >= 11 is 1.73. The van der Waals surface area contributed by atoms with Gasteiger partial charge in [0.2, 0.25) is 5.91 Å². The van der Waals surface area contributed by atoms with Gasteiger partial charge in [0.05, 0.1) is 0 Å². The van der Waals surface area contributed by atoms with Crippen LogP contribution in [0.5, 0.6) is 0 Å². The molecule has 3 heteroatoms. The van der Waals surface area contributed by atoms with Crippen LogP contribution in [-0.2, 0) is 4.79 Å². The second-order valence-electron chi connectivity index (χ2n) is 3.62. The van der Waals surface area contributed by atoms with Crippen LogP contribution in [-0.4, -0.2) is 18.2 Å². The van der Waals surface area contributed by atoms with E-state index >= 15 is 0 Å². The Kier molecular flexibility index (Phi) is 6.74. The highest BCUT2D eigenvalue weighted by molar-refractivity contribution is 7.99. The van der Waals surface area contributed by atoms with Crippen molar-refractivity contribution in [1.82, 2.24) is 5.32 Å². The van der Waals surface area contributed by atoms with E-state index < -0.39 is 0 Å². The summed E-state index contributed by atoms with van der Waals surface area (Å²) in [5.74, 6) is 1.01. The third-order valence-electron chi connectivity index (χ3n) is 2.19. The summed E-state index contributed by atoms with van der Waals surface area (Å²) in [5.41, 5.74) is 0. The molecule has 16 heavy (non-hydrogen) atoms. The molecule has 0 fully saturated rings. The highest BCUT2D eigenvalue weighted by atomic mass is 32.2. The predicted octanol–water partition coefficient (Wildman–Crippen LogP) is 3.09. The first-order chi connectivity index (χ1) is 7.83. The van der Waals surface area contributed by atoms with Gasteiger partial charge >= 0.3 is 0 Å². The molecule has 0 aliphatic heterocycles. The Labute approximate surface area is 102 Å². The molecule has 88 valence electrons. The van der Waals surface area contributed by atoms with E-state index in [1.165, 1.54) is 4.90 Å². The molecule has 0 heterocycles. The SMILES string of the molecule is CCCCNC(=O)CCSc1ccccc1. The monoisotopic (exact) mass is 237 g/mol. The molecule has 0 aliphatic rings. The molecule has 0 atom stereocenters. The first kappa shape index (κ1) is 13.1. The Hall–Kier alpha value is -0.960. The first-order valence-corrected chi connectivity index (χ1v) is 6.76. The number of carbonyl (C=O) groups excluding carboxylic acids is 1. The van der Waals surface area contributed by atoms with Gasteiger partial charge in [-0.15, -0.1) is 11.8 Å². The van der Waals surface area contributed by atoms with Gasteiger partial charge in [-0.05, 0) is 18.6 Å². The predicted molar refractivity (Wildman–Crippen MR) is 69.7 cm³/mol. The fraction of sp³-hybridized carbons (Fsp3) is 0.462. The standard InChI is InChI=1S/C13H19NOS/c1-2-3-10-14-13(15)9-11-16-12-7-5-4-6-8-12/h4-8H,2-3,9-11H2,1H3,(H,14,15). The van der Waals surface area contributed by atoms with Crippen molar-refractivity contribution in [3.63, 3.8) is 0 Å². The van der Waals surface area contributed by atoms with Crippen LogP contribution in [0.15, 0.2) is 35.2 Å². The zero-order valence-electron chi connectivity index (χ0n) is 9.74. The van der Waals surface area contributed by atoms with E-state index in [4.69, 9.17) is 0 Å². The molecule has 0 aliphatic carbocycles. The lowest BCUT2D eigenvalue weighted by Crippen LogP contribution is -2.24. The molecule has 1 N–H and O–H groups in total. The number of hydrogen-bond donors (Lipinski definition) is 1. The molecule has 2 nitrogen and oxygen atoms in total. The van der Waals surface area contributed by atoms with Crippen LogP contribution in [0.4, 0.5) is 0 Å². The van der Waals surface area contributed by atoms with Crippen LogP contribution in [0.1, 0.15) is 26.2 Å². The zero-order chi connectivity index (χ0) is 11.6. The van der Waals surface area contributed by atoms with E-state index in [1.54, 1.807) is 11.8 Å². The van der Waals surface area contributed by atoms with E-state index in [9.17, 15) is 4.79 Å². The Balaban J connectivity index is 2.09. The van der Waals surface area contributed by atoms with Gasteiger partial charge in [-0.25, -0.2) is 0 Å². The normalized spacial score (nSPS) is 10.1. The van der Waals surface area contributed by atoms with E-state index in [1.807, 2.05) is 18.2 Å². The lowest BCUT2D eigenvalue weighted by Gasteiger charge is -2.04. The summed E-state index contributed by atoms with van der Waals surface area (Å²) in [5, 5.41) is 2.92. The first-order valence-electron chi connectivity index (χ1n) is 5.77. The van der Waals surface area contributed by atoms with Gasteiger partial charge in [0.1, 0.15) is 0 Å². The largest absolute Gasteiger partial charge is 0.356 e. The number of unbranched alkanes of at least 4 members (excludes halogenated alkanes) is 1. The minimum Gasteiger partial charge on any atom is -0.356 e. The maximum atomic E-state index is 11.4. The second-order valence-corrected chi connectivity index (χ2v) is 4.78. The molecule has 1 rings (SSSR count). The van der Waals surface area contributed by atoms with Crippen molar-refractivity contribution in [2.75, 3.05) is 12.3 Å². The summed E-state index contributed by atoms with van der Waals surface area (Å²) < 4.78 is 0. The molecule has 0 saturated carbocycles. The number of nitrogens with one attached hydrogen (secondary N) is 1. The number of rotatable bonds is 7. The van der Waals surface area contributed by atoms with E-state index in [0.717, 1.165) is 25.1 Å². The Morgan fingerprint density at radius 3 is 2.75 bits per heavy atom. The molecule has 1 aromatic rings. The Morgan fingerprint density at radius 1 is 1.31 bits per heavy atom. The molecule has 0 spiro atoms. The van der Waals surface area contributed by atoms with Crippen molar-refractivity contribution >= 4 is 17.7 Å². The van der Waals surface area contributed by atoms with Gasteiger partial charge in [0, 0.05) is 23.6 Å². The van der Waals surface area contributed by atoms with Gasteiger partial charge in [-0.1, -0.05) is 31.5 Å². The Bertz CT molecular complexity index is 300. The van der Waals surface area contributed by atoms with Crippen molar-refractivity contribution in [2.45, 2.75) is 31.1 Å². The summed E-state index contributed by atoms with van der Waals surface area (Å²) in [6.45, 7) is 2.93. The van der Waals surface area contributed by atoms with Gasteiger partial charge in [0.25, 0.3) is 0 Å². The van der Waals surface area contributed by atoms with E-state index in [2.05, 4.69) is 24.4 Å². The average Bonchev–Trinajstić information content (AvgIpc) is 2.31. The van der Waals surface area contributed by atoms with Crippen molar-refractivity contribution in [2.24, 2.45) is 0 Å². The second kappa shape index (κ2) is 8.22. The number of amides is 1. The third-order valence-corrected chi connectivity index (χ3v) is 3.21. The van der Waals surface area contributed by atoms with Crippen LogP contribution < -0.4 is 5.32 Å². The minimum atomic E-state index is 0.164. The van der Waals surface area contributed by atoms with Crippen LogP contribution >= 0.6 is 11.8 Å². The molecule has 0 bridgehead atoms. The maximum Gasteiger partial charge on any atom is 0.220 e. The van der Waals surface area contributed by atoms with Crippen molar-refractivity contribution < 1.29 is 4.79 Å². The molecule has 0 radical (unpaired) electrons. The topological polar surface area (TPSA) is 29.1 Å². The smallest absolute Gasteiger partial charge is 0.220 e. The van der Waals surface area contributed by atoms with E-state index in [0.29, 0.717) is 6.42 Å². The summed E-state index contributed by atoms with van der Waals surface area (Å²) in [6.07, 6.45) is 2.79. The number of thioether (sulfide) groups is 1.